The van der Waals surface area contributed by atoms with Gasteiger partial charge in [-0.1, -0.05) is 37.3 Å². The fourth-order valence-electron chi connectivity index (χ4n) is 2.34. The number of hydrogen-bond acceptors (Lipinski definition) is 4. The van der Waals surface area contributed by atoms with Gasteiger partial charge in [-0.15, -0.1) is 0 Å². The van der Waals surface area contributed by atoms with Crippen LogP contribution in [0, 0.1) is 5.41 Å². The average molecular weight is 367 g/mol. The number of anilines is 1. The monoisotopic (exact) mass is 366 g/mol. The van der Waals surface area contributed by atoms with Gasteiger partial charge in [0.25, 0.3) is 0 Å². The first kappa shape index (κ1) is 22.0. The third-order valence-electron chi connectivity index (χ3n) is 4.20. The second-order valence-electron chi connectivity index (χ2n) is 6.20. The van der Waals surface area contributed by atoms with Crippen LogP contribution in [-0.2, 0) is 4.79 Å². The second-order valence-corrected chi connectivity index (χ2v) is 6.20. The van der Waals surface area contributed by atoms with Crippen molar-refractivity contribution >= 4 is 17.3 Å². The van der Waals surface area contributed by atoms with Crippen molar-refractivity contribution < 1.29 is 4.79 Å². The maximum atomic E-state index is 11.4. The molecule has 0 heterocycles. The van der Waals surface area contributed by atoms with Gasteiger partial charge in [0, 0.05) is 23.9 Å². The standard InChI is InChI=1S/C22H30N4O/c1-6-7-11-18(14-15(2)16(3)21(24)27)20(23)17(4)22(25-5)26-19-12-9-8-10-13-19/h7-14,23,25-26H,6H2,1-5H3,(H2,24,27)/b11-7-,16-15+,18-14+,22-17-,23-20?. The van der Waals surface area contributed by atoms with Gasteiger partial charge in [0.05, 0.1) is 5.71 Å². The number of para-hydroxylation sites is 1. The molecule has 0 aromatic heterocycles. The zero-order chi connectivity index (χ0) is 20.4. The number of nitrogens with one attached hydrogen (secondary N) is 3. The summed E-state index contributed by atoms with van der Waals surface area (Å²) in [4.78, 5) is 11.4. The van der Waals surface area contributed by atoms with Crippen molar-refractivity contribution in [2.24, 2.45) is 5.73 Å². The lowest BCUT2D eigenvalue weighted by atomic mass is 9.98. The van der Waals surface area contributed by atoms with Crippen LogP contribution in [0.25, 0.3) is 0 Å². The summed E-state index contributed by atoms with van der Waals surface area (Å²) in [7, 11) is 1.82. The van der Waals surface area contributed by atoms with Crippen LogP contribution in [-0.4, -0.2) is 18.7 Å². The molecule has 0 atom stereocenters. The zero-order valence-corrected chi connectivity index (χ0v) is 16.8. The molecular formula is C22H30N4O. The summed E-state index contributed by atoms with van der Waals surface area (Å²) >= 11 is 0. The Morgan fingerprint density at radius 1 is 1.15 bits per heavy atom. The molecule has 0 aliphatic heterocycles. The second kappa shape index (κ2) is 10.8. The highest BCUT2D eigenvalue weighted by Gasteiger charge is 2.11. The first-order valence-corrected chi connectivity index (χ1v) is 8.97. The summed E-state index contributed by atoms with van der Waals surface area (Å²) in [5.74, 6) is 0.290. The van der Waals surface area contributed by atoms with E-state index in [9.17, 15) is 4.79 Å². The fourth-order valence-corrected chi connectivity index (χ4v) is 2.34. The lowest BCUT2D eigenvalue weighted by molar-refractivity contribution is -0.114. The molecule has 1 rings (SSSR count). The van der Waals surface area contributed by atoms with Crippen molar-refractivity contribution in [3.05, 3.63) is 76.7 Å². The van der Waals surface area contributed by atoms with Crippen LogP contribution in [0.3, 0.4) is 0 Å². The molecule has 5 heteroatoms. The Kier molecular flexibility index (Phi) is 8.79. The van der Waals surface area contributed by atoms with Gasteiger partial charge in [0.1, 0.15) is 5.82 Å². The molecule has 1 amide bonds. The number of nitrogens with two attached hydrogens (primary N) is 1. The summed E-state index contributed by atoms with van der Waals surface area (Å²) < 4.78 is 0. The van der Waals surface area contributed by atoms with Gasteiger partial charge in [-0.05, 0) is 56.5 Å². The number of allylic oxidation sites excluding steroid dienone is 6. The molecular weight excluding hydrogens is 336 g/mol. The fraction of sp³-hybridized carbons (Fsp3) is 0.273. The molecule has 1 aromatic carbocycles. The van der Waals surface area contributed by atoms with E-state index >= 15 is 0 Å². The van der Waals surface area contributed by atoms with E-state index in [1.807, 2.05) is 76.4 Å². The smallest absolute Gasteiger partial charge is 0.244 e. The van der Waals surface area contributed by atoms with E-state index in [-0.39, 0.29) is 0 Å². The normalized spacial score (nSPS) is 13.7. The van der Waals surface area contributed by atoms with Gasteiger partial charge in [0.15, 0.2) is 0 Å². The highest BCUT2D eigenvalue weighted by atomic mass is 16.1. The van der Waals surface area contributed by atoms with Crippen LogP contribution < -0.4 is 16.4 Å². The molecule has 144 valence electrons. The molecule has 0 fully saturated rings. The molecule has 0 radical (unpaired) electrons. The number of primary amides is 1. The summed E-state index contributed by atoms with van der Waals surface area (Å²) in [5.41, 5.74) is 9.39. The van der Waals surface area contributed by atoms with Crippen LogP contribution in [0.5, 0.6) is 0 Å². The van der Waals surface area contributed by atoms with Crippen LogP contribution >= 0.6 is 0 Å². The lowest BCUT2D eigenvalue weighted by Crippen LogP contribution is -2.20. The maximum Gasteiger partial charge on any atom is 0.244 e. The Morgan fingerprint density at radius 3 is 2.30 bits per heavy atom. The van der Waals surface area contributed by atoms with Crippen molar-refractivity contribution in [3.63, 3.8) is 0 Å². The maximum absolute atomic E-state index is 11.4. The number of benzene rings is 1. The molecule has 5 N–H and O–H groups in total. The number of hydrogen-bond donors (Lipinski definition) is 4. The third-order valence-corrected chi connectivity index (χ3v) is 4.20. The van der Waals surface area contributed by atoms with E-state index in [4.69, 9.17) is 11.1 Å². The highest BCUT2D eigenvalue weighted by Crippen LogP contribution is 2.17. The van der Waals surface area contributed by atoms with E-state index in [0.717, 1.165) is 34.6 Å². The van der Waals surface area contributed by atoms with Crippen LogP contribution in [0.4, 0.5) is 5.69 Å². The summed E-state index contributed by atoms with van der Waals surface area (Å²) in [5, 5.41) is 15.1. The molecule has 0 bridgehead atoms. The van der Waals surface area contributed by atoms with Gasteiger partial charge < -0.3 is 16.4 Å². The van der Waals surface area contributed by atoms with Crippen molar-refractivity contribution in [3.8, 4) is 0 Å². The van der Waals surface area contributed by atoms with Crippen molar-refractivity contribution in [1.29, 1.82) is 5.41 Å². The molecule has 0 aliphatic carbocycles. The van der Waals surface area contributed by atoms with Gasteiger partial charge in [0.2, 0.25) is 5.91 Å². The molecule has 27 heavy (non-hydrogen) atoms. The third kappa shape index (κ3) is 6.62. The summed E-state index contributed by atoms with van der Waals surface area (Å²) in [6, 6.07) is 9.78. The predicted octanol–water partition coefficient (Wildman–Crippen LogP) is 4.28. The van der Waals surface area contributed by atoms with E-state index in [2.05, 4.69) is 10.6 Å². The first-order valence-electron chi connectivity index (χ1n) is 8.97. The largest absolute Gasteiger partial charge is 0.374 e. The molecule has 0 saturated carbocycles. The molecule has 5 nitrogen and oxygen atoms in total. The van der Waals surface area contributed by atoms with Crippen molar-refractivity contribution in [1.82, 2.24) is 5.32 Å². The predicted molar refractivity (Wildman–Crippen MR) is 115 cm³/mol. The van der Waals surface area contributed by atoms with E-state index in [1.54, 1.807) is 6.92 Å². The quantitative estimate of drug-likeness (QED) is 0.299. The molecule has 0 unspecified atom stereocenters. The number of carbonyl (C=O) groups excluding carboxylic acids is 1. The van der Waals surface area contributed by atoms with Gasteiger partial charge in [-0.3, -0.25) is 10.2 Å². The van der Waals surface area contributed by atoms with Crippen LogP contribution in [0.15, 0.2) is 76.7 Å². The zero-order valence-electron chi connectivity index (χ0n) is 16.8. The van der Waals surface area contributed by atoms with Gasteiger partial charge >= 0.3 is 0 Å². The van der Waals surface area contributed by atoms with Crippen molar-refractivity contribution in [2.45, 2.75) is 34.1 Å². The molecule has 0 saturated heterocycles. The van der Waals surface area contributed by atoms with Crippen LogP contribution in [0.1, 0.15) is 34.1 Å². The van der Waals surface area contributed by atoms with E-state index in [0.29, 0.717) is 11.3 Å². The van der Waals surface area contributed by atoms with Gasteiger partial charge in [-0.25, -0.2) is 0 Å². The Labute approximate surface area is 162 Å². The van der Waals surface area contributed by atoms with Crippen LogP contribution in [0.2, 0.25) is 0 Å². The minimum absolute atomic E-state index is 0.365. The lowest BCUT2D eigenvalue weighted by Gasteiger charge is -2.16. The number of amides is 1. The minimum Gasteiger partial charge on any atom is -0.374 e. The average Bonchev–Trinajstić information content (AvgIpc) is 2.68. The molecule has 0 aliphatic rings. The van der Waals surface area contributed by atoms with Gasteiger partial charge in [-0.2, -0.15) is 0 Å². The Balaban J connectivity index is 3.32. The van der Waals surface area contributed by atoms with E-state index < -0.39 is 5.91 Å². The Morgan fingerprint density at radius 2 is 1.78 bits per heavy atom. The number of carbonyl (C=O) groups is 1. The highest BCUT2D eigenvalue weighted by molar-refractivity contribution is 6.12. The SMILES string of the molecule is CC\C=C/C(=C\C(C)=C(/C)C(N)=O)C(=N)/C(C)=C(/NC)Nc1ccccc1. The Bertz CT molecular complexity index is 799. The minimum atomic E-state index is -0.456. The van der Waals surface area contributed by atoms with Crippen molar-refractivity contribution in [2.75, 3.05) is 12.4 Å². The topological polar surface area (TPSA) is 91.0 Å². The Hall–Kier alpha value is -3.08. The van der Waals surface area contributed by atoms with E-state index in [1.165, 1.54) is 0 Å². The summed E-state index contributed by atoms with van der Waals surface area (Å²) in [6.45, 7) is 7.44. The first-order chi connectivity index (χ1) is 12.8. The summed E-state index contributed by atoms with van der Waals surface area (Å²) in [6.07, 6.45) is 6.57. The molecule has 0 spiro atoms. The molecule has 1 aromatic rings. The number of rotatable bonds is 9.